The van der Waals surface area contributed by atoms with Gasteiger partial charge in [-0.15, -0.1) is 0 Å². The third-order valence-corrected chi connectivity index (χ3v) is 0.491. The number of hydrogen-bond acceptors (Lipinski definition) is 0. The molecule has 0 rings (SSSR count). The van der Waals surface area contributed by atoms with Crippen molar-refractivity contribution in [1.29, 1.82) is 0 Å². The lowest BCUT2D eigenvalue weighted by Crippen LogP contribution is -1.62. The average Bonchev–Trinajstić information content (AvgIpc) is 1.61. The molecule has 0 amide bonds. The normalized spacial score (nSPS) is 10.0. The molecule has 0 heterocycles. The molecule has 40 valence electrons. The van der Waals surface area contributed by atoms with E-state index in [1.165, 1.54) is 6.08 Å². The van der Waals surface area contributed by atoms with Crippen LogP contribution in [0.1, 0.15) is 6.92 Å². The molecule has 0 bridgehead atoms. The second-order valence-corrected chi connectivity index (χ2v) is 1.40. The minimum Gasteiger partial charge on any atom is -0.247 e. The zero-order valence-corrected chi connectivity index (χ0v) is 4.45. The van der Waals surface area contributed by atoms with Gasteiger partial charge in [0.25, 0.3) is 0 Å². The monoisotopic (exact) mass is 100 g/mol. The van der Waals surface area contributed by atoms with Crippen LogP contribution in [0.5, 0.6) is 0 Å². The molecule has 0 radical (unpaired) electrons. The first kappa shape index (κ1) is 6.41. The van der Waals surface area contributed by atoms with Crippen molar-refractivity contribution in [3.05, 3.63) is 24.3 Å². The summed E-state index contributed by atoms with van der Waals surface area (Å²) in [5.41, 5.74) is 0.887. The van der Waals surface area contributed by atoms with E-state index < -0.39 is 6.67 Å². The molecule has 1 heteroatoms. The molecule has 0 aromatic heterocycles. The quantitative estimate of drug-likeness (QED) is 0.466. The molecule has 0 nitrogen and oxygen atoms in total. The summed E-state index contributed by atoms with van der Waals surface area (Å²) in [4.78, 5) is 0. The van der Waals surface area contributed by atoms with Crippen LogP contribution in [0.2, 0.25) is 0 Å². The van der Waals surface area contributed by atoms with Crippen molar-refractivity contribution >= 4 is 0 Å². The highest BCUT2D eigenvalue weighted by atomic mass is 19.1. The molecule has 0 N–H and O–H groups in total. The van der Waals surface area contributed by atoms with E-state index in [2.05, 4.69) is 6.58 Å². The van der Waals surface area contributed by atoms with Gasteiger partial charge in [-0.05, 0) is 6.92 Å². The van der Waals surface area contributed by atoms with Crippen LogP contribution in [0.25, 0.3) is 0 Å². The van der Waals surface area contributed by atoms with E-state index in [0.717, 1.165) is 5.57 Å². The first-order valence-electron chi connectivity index (χ1n) is 2.15. The van der Waals surface area contributed by atoms with E-state index in [0.29, 0.717) is 0 Å². The predicted octanol–water partition coefficient (Wildman–Crippen LogP) is 2.09. The molecule has 0 aliphatic rings. The second kappa shape index (κ2) is 3.59. The third kappa shape index (κ3) is 5.41. The number of alkyl halides is 1. The summed E-state index contributed by atoms with van der Waals surface area (Å²) in [6.07, 6.45) is 3.09. The number of hydrogen-bond donors (Lipinski definition) is 0. The zero-order chi connectivity index (χ0) is 5.70. The van der Waals surface area contributed by atoms with Gasteiger partial charge in [0.15, 0.2) is 0 Å². The summed E-state index contributed by atoms with van der Waals surface area (Å²) in [5.74, 6) is 0. The Bertz CT molecular complexity index is 82.2. The molecule has 0 atom stereocenters. The highest BCUT2D eigenvalue weighted by molar-refractivity contribution is 5.10. The third-order valence-electron chi connectivity index (χ3n) is 0.491. The van der Waals surface area contributed by atoms with Crippen LogP contribution in [-0.2, 0) is 0 Å². The van der Waals surface area contributed by atoms with Gasteiger partial charge in [-0.1, -0.05) is 24.3 Å². The summed E-state index contributed by atoms with van der Waals surface area (Å²) in [5, 5.41) is 0. The highest BCUT2D eigenvalue weighted by Crippen LogP contribution is 1.87. The van der Waals surface area contributed by atoms with Crippen molar-refractivity contribution in [3.8, 4) is 0 Å². The van der Waals surface area contributed by atoms with Gasteiger partial charge in [0.2, 0.25) is 0 Å². The Kier molecular flexibility index (Phi) is 3.29. The Morgan fingerprint density at radius 3 is 2.57 bits per heavy atom. The lowest BCUT2D eigenvalue weighted by atomic mass is 10.3. The molecule has 0 spiro atoms. The predicted molar refractivity (Wildman–Crippen MR) is 29.9 cm³/mol. The van der Waals surface area contributed by atoms with Gasteiger partial charge in [0.1, 0.15) is 6.67 Å². The van der Waals surface area contributed by atoms with Crippen LogP contribution >= 0.6 is 0 Å². The molecule has 0 aliphatic heterocycles. The van der Waals surface area contributed by atoms with Crippen LogP contribution in [0.15, 0.2) is 24.3 Å². The fourth-order valence-corrected chi connectivity index (χ4v) is 0.246. The zero-order valence-electron chi connectivity index (χ0n) is 4.45. The van der Waals surface area contributed by atoms with E-state index >= 15 is 0 Å². The number of allylic oxidation sites excluding steroid dienone is 3. The Morgan fingerprint density at radius 2 is 2.43 bits per heavy atom. The number of rotatable bonds is 2. The summed E-state index contributed by atoms with van der Waals surface area (Å²) in [7, 11) is 0. The van der Waals surface area contributed by atoms with E-state index in [4.69, 9.17) is 0 Å². The molecule has 0 unspecified atom stereocenters. The van der Waals surface area contributed by atoms with Gasteiger partial charge < -0.3 is 0 Å². The molecular formula is C6H9F. The molecule has 0 aromatic carbocycles. The van der Waals surface area contributed by atoms with Crippen LogP contribution in [0.4, 0.5) is 4.39 Å². The smallest absolute Gasteiger partial charge is 0.108 e. The Morgan fingerprint density at radius 1 is 1.86 bits per heavy atom. The second-order valence-electron chi connectivity index (χ2n) is 1.40. The Balaban J connectivity index is 3.26. The average molecular weight is 100 g/mol. The van der Waals surface area contributed by atoms with Crippen molar-refractivity contribution in [2.45, 2.75) is 6.92 Å². The molecule has 0 aliphatic carbocycles. The largest absolute Gasteiger partial charge is 0.247 e. The van der Waals surface area contributed by atoms with Crippen molar-refractivity contribution < 1.29 is 4.39 Å². The fourth-order valence-electron chi connectivity index (χ4n) is 0.246. The maximum absolute atomic E-state index is 11.2. The van der Waals surface area contributed by atoms with Crippen LogP contribution in [0.3, 0.4) is 0 Å². The van der Waals surface area contributed by atoms with Gasteiger partial charge in [0.05, 0.1) is 0 Å². The minimum absolute atomic E-state index is 0.396. The molecule has 0 saturated heterocycles. The topological polar surface area (TPSA) is 0 Å². The van der Waals surface area contributed by atoms with Gasteiger partial charge in [0, 0.05) is 0 Å². The molecule has 7 heavy (non-hydrogen) atoms. The van der Waals surface area contributed by atoms with Crippen molar-refractivity contribution in [1.82, 2.24) is 0 Å². The van der Waals surface area contributed by atoms with Crippen LogP contribution in [0, 0.1) is 0 Å². The first-order chi connectivity index (χ1) is 3.27. The van der Waals surface area contributed by atoms with Gasteiger partial charge in [-0.3, -0.25) is 0 Å². The maximum Gasteiger partial charge on any atom is 0.108 e. The van der Waals surface area contributed by atoms with Gasteiger partial charge in [-0.25, -0.2) is 4.39 Å². The standard InChI is InChI=1S/C6H9F/c1-6(2)4-3-5-7/h3-4H,1,5H2,2H3/b4-3+. The first-order valence-corrected chi connectivity index (χ1v) is 2.15. The summed E-state index contributed by atoms with van der Waals surface area (Å²) in [6, 6.07) is 0. The van der Waals surface area contributed by atoms with E-state index in [-0.39, 0.29) is 0 Å². The van der Waals surface area contributed by atoms with Crippen molar-refractivity contribution in [2.24, 2.45) is 0 Å². The lowest BCUT2D eigenvalue weighted by Gasteiger charge is -1.78. The van der Waals surface area contributed by atoms with Crippen LogP contribution in [-0.4, -0.2) is 6.67 Å². The number of halogens is 1. The van der Waals surface area contributed by atoms with Gasteiger partial charge in [-0.2, -0.15) is 0 Å². The molecule has 0 aromatic rings. The molecular weight excluding hydrogens is 91.1 g/mol. The Labute approximate surface area is 43.4 Å². The Hall–Kier alpha value is -0.590. The lowest BCUT2D eigenvalue weighted by molar-refractivity contribution is 0.561. The fraction of sp³-hybridized carbons (Fsp3) is 0.333. The summed E-state index contributed by atoms with van der Waals surface area (Å²) in [6.45, 7) is 4.97. The minimum atomic E-state index is -0.396. The van der Waals surface area contributed by atoms with E-state index in [1.807, 2.05) is 6.92 Å². The SMILES string of the molecule is C=C(C)/C=C/CF. The van der Waals surface area contributed by atoms with Gasteiger partial charge >= 0.3 is 0 Å². The van der Waals surface area contributed by atoms with E-state index in [9.17, 15) is 4.39 Å². The summed E-state index contributed by atoms with van der Waals surface area (Å²) < 4.78 is 11.2. The maximum atomic E-state index is 11.2. The molecule has 0 saturated carbocycles. The molecule has 0 fully saturated rings. The van der Waals surface area contributed by atoms with Crippen molar-refractivity contribution in [2.75, 3.05) is 6.67 Å². The summed E-state index contributed by atoms with van der Waals surface area (Å²) >= 11 is 0. The van der Waals surface area contributed by atoms with Crippen LogP contribution < -0.4 is 0 Å². The van der Waals surface area contributed by atoms with Crippen molar-refractivity contribution in [3.63, 3.8) is 0 Å². The van der Waals surface area contributed by atoms with E-state index in [1.54, 1.807) is 6.08 Å². The highest BCUT2D eigenvalue weighted by Gasteiger charge is 1.69.